The maximum atomic E-state index is 12.5. The van der Waals surface area contributed by atoms with E-state index in [9.17, 15) is 19.7 Å². The molecule has 9 nitrogen and oxygen atoms in total. The van der Waals surface area contributed by atoms with E-state index in [0.29, 0.717) is 18.8 Å². The van der Waals surface area contributed by atoms with Crippen LogP contribution in [0, 0.1) is 16.0 Å². The molecule has 1 aliphatic heterocycles. The number of hydrogen-bond acceptors (Lipinski definition) is 6. The lowest BCUT2D eigenvalue weighted by molar-refractivity contribution is -0.402. The van der Waals surface area contributed by atoms with Crippen LogP contribution in [-0.4, -0.2) is 33.6 Å². The molecule has 2 aliphatic rings. The topological polar surface area (TPSA) is 118 Å². The summed E-state index contributed by atoms with van der Waals surface area (Å²) in [6.45, 7) is 2.12. The highest BCUT2D eigenvalue weighted by molar-refractivity contribution is 6.07. The van der Waals surface area contributed by atoms with Gasteiger partial charge in [0.2, 0.25) is 0 Å². The third-order valence-electron chi connectivity index (χ3n) is 4.36. The third kappa shape index (κ3) is 2.69. The number of carbonyl (C=O) groups is 2. The van der Waals surface area contributed by atoms with Gasteiger partial charge in [-0.15, -0.1) is 5.01 Å². The molecule has 1 N–H and O–H groups in total. The number of carbonyl (C=O) groups excluding carboxylic acids is 2. The van der Waals surface area contributed by atoms with Crippen LogP contribution in [0.2, 0.25) is 0 Å². The Morgan fingerprint density at radius 1 is 1.43 bits per heavy atom. The Kier molecular flexibility index (Phi) is 3.63. The molecule has 1 aliphatic carbocycles. The molecule has 3 amide bonds. The molecule has 0 bridgehead atoms. The van der Waals surface area contributed by atoms with Crippen LogP contribution in [-0.2, 0) is 4.79 Å². The van der Waals surface area contributed by atoms with Gasteiger partial charge in [0.15, 0.2) is 5.76 Å². The Hall–Kier alpha value is -2.71. The monoisotopic (exact) mass is 320 g/mol. The van der Waals surface area contributed by atoms with E-state index >= 15 is 0 Å². The average Bonchev–Trinajstić information content (AvgIpc) is 3.06. The zero-order valence-corrected chi connectivity index (χ0v) is 12.5. The van der Waals surface area contributed by atoms with E-state index in [1.54, 1.807) is 0 Å². The van der Waals surface area contributed by atoms with Crippen molar-refractivity contribution in [3.05, 3.63) is 28.0 Å². The number of hydrogen-bond donors (Lipinski definition) is 1. The minimum atomic E-state index is -0.865. The number of amides is 3. The van der Waals surface area contributed by atoms with E-state index < -0.39 is 22.4 Å². The quantitative estimate of drug-likeness (QED) is 0.395. The van der Waals surface area contributed by atoms with Crippen LogP contribution >= 0.6 is 0 Å². The molecule has 0 aromatic carbocycles. The van der Waals surface area contributed by atoms with Crippen molar-refractivity contribution in [2.24, 2.45) is 11.0 Å². The molecular formula is C14H16N4O5. The van der Waals surface area contributed by atoms with E-state index in [0.717, 1.165) is 24.1 Å². The molecule has 122 valence electrons. The van der Waals surface area contributed by atoms with Gasteiger partial charge >= 0.3 is 11.9 Å². The smallest absolute Gasteiger partial charge is 0.400 e. The lowest BCUT2D eigenvalue weighted by Gasteiger charge is -2.33. The van der Waals surface area contributed by atoms with Crippen molar-refractivity contribution in [3.63, 3.8) is 0 Å². The maximum absolute atomic E-state index is 12.5. The highest BCUT2D eigenvalue weighted by atomic mass is 16.6. The van der Waals surface area contributed by atoms with Gasteiger partial charge in [0.1, 0.15) is 10.5 Å². The fourth-order valence-corrected chi connectivity index (χ4v) is 2.93. The molecule has 1 saturated carbocycles. The van der Waals surface area contributed by atoms with Crippen LogP contribution in [0.15, 0.2) is 21.7 Å². The first-order valence-electron chi connectivity index (χ1n) is 7.36. The summed E-state index contributed by atoms with van der Waals surface area (Å²) in [6.07, 6.45) is 4.05. The van der Waals surface area contributed by atoms with E-state index in [1.807, 2.05) is 0 Å². The van der Waals surface area contributed by atoms with E-state index in [1.165, 1.54) is 12.1 Å². The lowest BCUT2D eigenvalue weighted by atomic mass is 9.77. The number of rotatable bonds is 3. The van der Waals surface area contributed by atoms with Crippen molar-refractivity contribution in [1.82, 2.24) is 10.3 Å². The second kappa shape index (κ2) is 5.49. The lowest BCUT2D eigenvalue weighted by Crippen LogP contribution is -2.49. The van der Waals surface area contributed by atoms with Crippen LogP contribution in [0.3, 0.4) is 0 Å². The minimum absolute atomic E-state index is 0.0931. The van der Waals surface area contributed by atoms with Crippen molar-refractivity contribution in [2.75, 3.05) is 0 Å². The normalized spacial score (nSPS) is 27.9. The van der Waals surface area contributed by atoms with E-state index in [4.69, 9.17) is 4.42 Å². The van der Waals surface area contributed by atoms with E-state index in [2.05, 4.69) is 17.3 Å². The molecule has 0 atom stereocenters. The van der Waals surface area contributed by atoms with Crippen molar-refractivity contribution in [2.45, 2.75) is 38.1 Å². The number of nitro groups is 1. The minimum Gasteiger partial charge on any atom is -0.400 e. The Bertz CT molecular complexity index is 687. The Morgan fingerprint density at radius 3 is 2.74 bits per heavy atom. The number of imide groups is 1. The Labute approximate surface area is 131 Å². The van der Waals surface area contributed by atoms with E-state index in [-0.39, 0.29) is 11.7 Å². The van der Waals surface area contributed by atoms with Gasteiger partial charge in [-0.2, -0.15) is 5.10 Å². The number of nitrogens with one attached hydrogen (secondary N) is 1. The predicted octanol–water partition coefficient (Wildman–Crippen LogP) is 2.02. The molecule has 1 saturated heterocycles. The fourth-order valence-electron chi connectivity index (χ4n) is 2.93. The highest BCUT2D eigenvalue weighted by Gasteiger charge is 2.52. The van der Waals surface area contributed by atoms with Gasteiger partial charge < -0.3 is 9.73 Å². The summed E-state index contributed by atoms with van der Waals surface area (Å²) >= 11 is 0. The summed E-state index contributed by atoms with van der Waals surface area (Å²) in [4.78, 5) is 34.4. The van der Waals surface area contributed by atoms with Gasteiger partial charge in [0.25, 0.3) is 5.91 Å². The van der Waals surface area contributed by atoms with Crippen molar-refractivity contribution >= 4 is 24.0 Å². The van der Waals surface area contributed by atoms with Gasteiger partial charge in [-0.1, -0.05) is 6.92 Å². The predicted molar refractivity (Wildman–Crippen MR) is 78.7 cm³/mol. The molecule has 1 aromatic heterocycles. The molecular weight excluding hydrogens is 304 g/mol. The summed E-state index contributed by atoms with van der Waals surface area (Å²) in [5.74, 6) is -0.185. The molecule has 0 unspecified atom stereocenters. The standard InChI is InChI=1S/C14H16N4O5/c1-9-4-6-14(7-5-9)12(19)17(13(20)16-14)15-8-10-2-3-11(23-10)18(21)22/h2-3,8-9H,4-7H2,1H3,(H,16,20). The van der Waals surface area contributed by atoms with Crippen molar-refractivity contribution in [3.8, 4) is 0 Å². The summed E-state index contributed by atoms with van der Waals surface area (Å²) in [5, 5.41) is 17.9. The molecule has 23 heavy (non-hydrogen) atoms. The summed E-state index contributed by atoms with van der Waals surface area (Å²) < 4.78 is 4.91. The summed E-state index contributed by atoms with van der Waals surface area (Å²) in [7, 11) is 0. The molecule has 1 spiro atoms. The molecule has 1 aromatic rings. The molecule has 2 heterocycles. The fraction of sp³-hybridized carbons (Fsp3) is 0.500. The number of urea groups is 1. The largest absolute Gasteiger partial charge is 0.433 e. The number of furan rings is 1. The first kappa shape index (κ1) is 15.2. The van der Waals surface area contributed by atoms with Crippen LogP contribution in [0.25, 0.3) is 0 Å². The van der Waals surface area contributed by atoms with Gasteiger partial charge in [-0.05, 0) is 37.7 Å². The summed E-state index contributed by atoms with van der Waals surface area (Å²) in [6, 6.07) is 1.94. The number of nitrogens with zero attached hydrogens (tertiary/aromatic N) is 3. The zero-order chi connectivity index (χ0) is 16.6. The Morgan fingerprint density at radius 2 is 2.13 bits per heavy atom. The van der Waals surface area contributed by atoms with Gasteiger partial charge in [-0.25, -0.2) is 4.79 Å². The third-order valence-corrected chi connectivity index (χ3v) is 4.36. The van der Waals surface area contributed by atoms with Crippen LogP contribution in [0.4, 0.5) is 10.7 Å². The average molecular weight is 320 g/mol. The maximum Gasteiger partial charge on any atom is 0.433 e. The first-order valence-corrected chi connectivity index (χ1v) is 7.36. The zero-order valence-electron chi connectivity index (χ0n) is 12.5. The highest BCUT2D eigenvalue weighted by Crippen LogP contribution is 2.36. The van der Waals surface area contributed by atoms with Crippen LogP contribution in [0.1, 0.15) is 38.4 Å². The molecule has 3 rings (SSSR count). The second-order valence-electron chi connectivity index (χ2n) is 5.99. The van der Waals surface area contributed by atoms with Gasteiger partial charge in [0.05, 0.1) is 12.3 Å². The van der Waals surface area contributed by atoms with Crippen molar-refractivity contribution in [1.29, 1.82) is 0 Å². The first-order chi connectivity index (χ1) is 10.9. The van der Waals surface area contributed by atoms with Crippen LogP contribution in [0.5, 0.6) is 0 Å². The molecule has 2 fully saturated rings. The summed E-state index contributed by atoms with van der Waals surface area (Å²) in [5.41, 5.74) is -0.865. The number of hydrazone groups is 1. The van der Waals surface area contributed by atoms with Gasteiger partial charge in [0, 0.05) is 0 Å². The SMILES string of the molecule is CC1CCC2(CC1)NC(=O)N(N=Cc1ccc([N+](=O)[O-])o1)C2=O. The second-order valence-corrected chi connectivity index (χ2v) is 5.99. The molecule has 0 radical (unpaired) electrons. The van der Waals surface area contributed by atoms with Crippen molar-refractivity contribution < 1.29 is 18.9 Å². The Balaban J connectivity index is 1.75. The van der Waals surface area contributed by atoms with Crippen LogP contribution < -0.4 is 5.32 Å². The molecule has 9 heteroatoms. The van der Waals surface area contributed by atoms with Gasteiger partial charge in [-0.3, -0.25) is 14.9 Å².